The number of rotatable bonds is 14. The number of aliphatic hydroxyl groups is 4. The molecule has 0 amide bonds. The summed E-state index contributed by atoms with van der Waals surface area (Å²) in [6.45, 7) is 21.4. The van der Waals surface area contributed by atoms with Crippen LogP contribution in [0.4, 0.5) is 0 Å². The summed E-state index contributed by atoms with van der Waals surface area (Å²) in [5.74, 6) is -2.68. The summed E-state index contributed by atoms with van der Waals surface area (Å²) in [6, 6.07) is 3.45. The number of nitrogens with zero attached hydrogens (tertiary/aromatic N) is 8. The summed E-state index contributed by atoms with van der Waals surface area (Å²) >= 11 is 0. The van der Waals surface area contributed by atoms with Crippen LogP contribution in [0.2, 0.25) is 0 Å². The number of carbonyl (C=O) groups is 1. The van der Waals surface area contributed by atoms with Crippen LogP contribution in [0.15, 0.2) is 30.9 Å². The van der Waals surface area contributed by atoms with Gasteiger partial charge >= 0.3 is 5.97 Å². The van der Waals surface area contributed by atoms with Crippen LogP contribution < -0.4 is 0 Å². The molecule has 18 nitrogen and oxygen atoms in total. The van der Waals surface area contributed by atoms with Crippen molar-refractivity contribution in [1.82, 2.24) is 39.3 Å². The molecule has 4 N–H and O–H groups in total. The van der Waals surface area contributed by atoms with Gasteiger partial charge in [0, 0.05) is 82.9 Å². The number of fused-ring (bicyclic) bond motifs is 1. The Morgan fingerprint density at radius 2 is 1.70 bits per heavy atom. The standard InChI is InChI=1S/C51H86N8O10/c1-14-41-51(10,64)44(60)35(6)57(12)28-31(2)26-49(8,63)46(33(4)43(34(5)48(62)68-41)40-27-50(9,65-13)45(61)36(7)67-40)69-42-25-38(24-32(3)66-42)56(11)23-19-37-29-59(55-54-37)22-16-15-21-58-30-53-39-18-17-20-52-47(39)58/h17-18,20,29-36,38,40-46,60-61,63-64H,14-16,19,21-28H2,1-13H3/t31-,32-,33+,34-,35-,36+,38+,40?,41-,42+,43+,44-,45+,46-,49-,50-,51-/m1/s1. The lowest BCUT2D eigenvalue weighted by molar-refractivity contribution is -0.275. The number of imidazole rings is 1. The van der Waals surface area contributed by atoms with Crippen molar-refractivity contribution >= 4 is 17.1 Å². The molecule has 1 unspecified atom stereocenters. The number of esters is 1. The number of aliphatic hydroxyl groups excluding tert-OH is 2. The highest BCUT2D eigenvalue weighted by Crippen LogP contribution is 2.45. The number of cyclic esters (lactones) is 1. The van der Waals surface area contributed by atoms with Crippen molar-refractivity contribution in [3.63, 3.8) is 0 Å². The van der Waals surface area contributed by atoms with Crippen LogP contribution >= 0.6 is 0 Å². The normalized spacial score (nSPS) is 39.3. The fraction of sp³-hybridized carbons (Fsp3) is 0.824. The molecule has 6 rings (SSSR count). The second kappa shape index (κ2) is 23.1. The topological polar surface area (TPSA) is 212 Å². The molecule has 390 valence electrons. The van der Waals surface area contributed by atoms with Gasteiger partial charge in [-0.15, -0.1) is 5.10 Å². The van der Waals surface area contributed by atoms with Gasteiger partial charge in [-0.1, -0.05) is 32.9 Å². The third-order valence-electron chi connectivity index (χ3n) is 16.1. The number of pyridine rings is 1. The number of methoxy groups -OCH3 is 1. The minimum atomic E-state index is -1.78. The van der Waals surface area contributed by atoms with E-state index < -0.39 is 89.5 Å². The first-order valence-corrected chi connectivity index (χ1v) is 25.6. The first-order chi connectivity index (χ1) is 32.5. The molecule has 3 saturated heterocycles. The number of aryl methyl sites for hydroxylation is 2. The van der Waals surface area contributed by atoms with Crippen LogP contribution in [0.5, 0.6) is 0 Å². The van der Waals surface area contributed by atoms with E-state index in [4.69, 9.17) is 23.7 Å². The second-order valence-electron chi connectivity index (χ2n) is 21.9. The van der Waals surface area contributed by atoms with Gasteiger partial charge in [0.15, 0.2) is 11.9 Å². The maximum atomic E-state index is 14.6. The molecule has 0 aliphatic carbocycles. The van der Waals surface area contributed by atoms with Gasteiger partial charge in [0.1, 0.15) is 29.4 Å². The summed E-state index contributed by atoms with van der Waals surface area (Å²) < 4.78 is 36.6. The number of aromatic nitrogens is 6. The first-order valence-electron chi connectivity index (χ1n) is 25.6. The first kappa shape index (κ1) is 55.1. The van der Waals surface area contributed by atoms with E-state index in [-0.39, 0.29) is 30.9 Å². The number of hydrogen-bond donors (Lipinski definition) is 4. The zero-order valence-corrected chi connectivity index (χ0v) is 43.8. The molecule has 69 heavy (non-hydrogen) atoms. The van der Waals surface area contributed by atoms with E-state index >= 15 is 0 Å². The molecule has 18 heteroatoms. The monoisotopic (exact) mass is 971 g/mol. The van der Waals surface area contributed by atoms with Crippen LogP contribution in [0.25, 0.3) is 11.2 Å². The van der Waals surface area contributed by atoms with E-state index in [9.17, 15) is 25.2 Å². The average Bonchev–Trinajstić information content (AvgIpc) is 3.94. The van der Waals surface area contributed by atoms with Crippen LogP contribution in [-0.4, -0.2) is 178 Å². The van der Waals surface area contributed by atoms with Crippen molar-refractivity contribution in [2.24, 2.45) is 23.7 Å². The van der Waals surface area contributed by atoms with Gasteiger partial charge in [-0.25, -0.2) is 9.97 Å². The fourth-order valence-corrected chi connectivity index (χ4v) is 11.8. The Hall–Kier alpha value is -3.17. The van der Waals surface area contributed by atoms with Gasteiger partial charge in [0.05, 0.1) is 53.6 Å². The maximum Gasteiger partial charge on any atom is 0.309 e. The second-order valence-corrected chi connectivity index (χ2v) is 21.9. The van der Waals surface area contributed by atoms with E-state index in [0.717, 1.165) is 62.2 Å². The zero-order valence-electron chi connectivity index (χ0n) is 43.8. The van der Waals surface area contributed by atoms with Gasteiger partial charge < -0.3 is 58.5 Å². The molecule has 3 aliphatic rings. The van der Waals surface area contributed by atoms with Gasteiger partial charge in [-0.05, 0) is 112 Å². The Kier molecular flexibility index (Phi) is 18.5. The molecular formula is C51H86N8O10. The smallest absolute Gasteiger partial charge is 0.309 e. The van der Waals surface area contributed by atoms with Crippen molar-refractivity contribution in [3.05, 3.63) is 36.5 Å². The van der Waals surface area contributed by atoms with Gasteiger partial charge in [0.25, 0.3) is 0 Å². The summed E-state index contributed by atoms with van der Waals surface area (Å²) in [5.41, 5.74) is -1.50. The molecule has 3 aliphatic heterocycles. The lowest BCUT2D eigenvalue weighted by Crippen LogP contribution is -2.61. The van der Waals surface area contributed by atoms with Crippen LogP contribution in [0.1, 0.15) is 120 Å². The largest absolute Gasteiger partial charge is 0.459 e. The van der Waals surface area contributed by atoms with Gasteiger partial charge in [0.2, 0.25) is 0 Å². The van der Waals surface area contributed by atoms with Gasteiger partial charge in [-0.3, -0.25) is 9.48 Å². The van der Waals surface area contributed by atoms with E-state index in [0.29, 0.717) is 19.4 Å². The Bertz CT molecular complexity index is 2090. The number of likely N-dealkylation sites (N-methyl/N-ethyl adjacent to an activating group) is 2. The number of carbonyl (C=O) groups excluding carboxylic acids is 1. The number of unbranched alkanes of at least 4 members (excludes halogenated alkanes) is 1. The summed E-state index contributed by atoms with van der Waals surface area (Å²) in [6.07, 6.45) is 4.26. The molecule has 0 spiro atoms. The highest BCUT2D eigenvalue weighted by Gasteiger charge is 2.54. The van der Waals surface area contributed by atoms with E-state index in [1.54, 1.807) is 34.1 Å². The Balaban J connectivity index is 1.20. The lowest BCUT2D eigenvalue weighted by Gasteiger charge is -2.51. The van der Waals surface area contributed by atoms with Crippen LogP contribution in [0, 0.1) is 23.7 Å². The summed E-state index contributed by atoms with van der Waals surface area (Å²) in [7, 11) is 5.57. The molecule has 3 aromatic heterocycles. The van der Waals surface area contributed by atoms with E-state index in [1.807, 2.05) is 75.9 Å². The third kappa shape index (κ3) is 12.9. The van der Waals surface area contributed by atoms with Crippen molar-refractivity contribution in [1.29, 1.82) is 0 Å². The minimum absolute atomic E-state index is 0.0923. The lowest BCUT2D eigenvalue weighted by atomic mass is 9.68. The van der Waals surface area contributed by atoms with E-state index in [1.165, 1.54) is 6.92 Å². The molecule has 17 atom stereocenters. The minimum Gasteiger partial charge on any atom is -0.459 e. The molecule has 0 bridgehead atoms. The zero-order chi connectivity index (χ0) is 50.6. The molecular weight excluding hydrogens is 885 g/mol. The summed E-state index contributed by atoms with van der Waals surface area (Å²) in [4.78, 5) is 27.8. The predicted octanol–water partition coefficient (Wildman–Crippen LogP) is 4.63. The predicted molar refractivity (Wildman–Crippen MR) is 261 cm³/mol. The highest BCUT2D eigenvalue weighted by atomic mass is 16.7. The van der Waals surface area contributed by atoms with Crippen LogP contribution in [0.3, 0.4) is 0 Å². The van der Waals surface area contributed by atoms with Crippen LogP contribution in [-0.2, 0) is 48.0 Å². The third-order valence-corrected chi connectivity index (χ3v) is 16.1. The highest BCUT2D eigenvalue weighted by molar-refractivity contribution is 5.73. The van der Waals surface area contributed by atoms with Crippen molar-refractivity contribution in [3.8, 4) is 0 Å². The maximum absolute atomic E-state index is 14.6. The quantitative estimate of drug-likeness (QED) is 0.128. The van der Waals surface area contributed by atoms with E-state index in [2.05, 4.69) is 43.7 Å². The van der Waals surface area contributed by atoms with Crippen molar-refractivity contribution in [2.45, 2.75) is 212 Å². The number of hydrogen-bond acceptors (Lipinski definition) is 16. The fourth-order valence-electron chi connectivity index (χ4n) is 11.8. The molecule has 3 aromatic rings. The van der Waals surface area contributed by atoms with Crippen molar-refractivity contribution < 1.29 is 48.9 Å². The Labute approximate surface area is 410 Å². The number of ether oxygens (including phenoxy) is 5. The summed E-state index contributed by atoms with van der Waals surface area (Å²) in [5, 5.41) is 56.7. The van der Waals surface area contributed by atoms with Crippen molar-refractivity contribution in [2.75, 3.05) is 34.3 Å². The average molecular weight is 971 g/mol. The SMILES string of the molecule is CC[C@H]1OC(=O)[C@H](C)[C@@H](C2C[C@@](C)(OC)[C@@H](O)[C@H](C)O2)[C@H](C)[C@@H](O[C@H]2C[C@@H](N(C)CCc3cn(CCCCn4cnc5cccnc54)nn3)C[C@@H](C)O2)[C@](C)(O)C[C@@H](C)CN(C)[C@H](C)[C@@H](O)[C@]1(C)O. The van der Waals surface area contributed by atoms with Gasteiger partial charge in [-0.2, -0.15) is 0 Å². The molecule has 0 aromatic carbocycles. The molecule has 0 saturated carbocycles. The molecule has 3 fully saturated rings. The molecule has 6 heterocycles. The Morgan fingerprint density at radius 1 is 0.971 bits per heavy atom. The Morgan fingerprint density at radius 3 is 2.41 bits per heavy atom. The molecule has 0 radical (unpaired) electrons.